The zero-order chi connectivity index (χ0) is 23.4. The van der Waals surface area contributed by atoms with Crippen LogP contribution in [0.2, 0.25) is 0 Å². The number of hydrogen-bond donors (Lipinski definition) is 1. The van der Waals surface area contributed by atoms with Gasteiger partial charge in [0.15, 0.2) is 0 Å². The minimum atomic E-state index is -0.410. The molecule has 1 aliphatic rings. The molecule has 1 atom stereocenters. The SMILES string of the molecule is CCCCCN1C(=O)NC(c2ccc(CC)cc2)C(c2nc(-c3ccc(F)cc3)no2)=C1C. The minimum absolute atomic E-state index is 0.129. The molecule has 2 amide bonds. The van der Waals surface area contributed by atoms with Crippen molar-refractivity contribution >= 4 is 11.6 Å². The van der Waals surface area contributed by atoms with Crippen LogP contribution in [0.15, 0.2) is 58.8 Å². The van der Waals surface area contributed by atoms with Crippen LogP contribution in [0.1, 0.15) is 63.1 Å². The first kappa shape index (κ1) is 22.7. The largest absolute Gasteiger partial charge is 0.334 e. The highest BCUT2D eigenvalue weighted by atomic mass is 19.1. The number of rotatable bonds is 8. The third-order valence-corrected chi connectivity index (χ3v) is 6.06. The minimum Gasteiger partial charge on any atom is -0.334 e. The number of nitrogens with zero attached hydrogens (tertiary/aromatic N) is 3. The number of unbranched alkanes of at least 4 members (excludes halogenated alkanes) is 2. The van der Waals surface area contributed by atoms with Crippen molar-refractivity contribution in [3.05, 3.63) is 77.1 Å². The molecule has 33 heavy (non-hydrogen) atoms. The molecule has 1 aromatic heterocycles. The second-order valence-electron chi connectivity index (χ2n) is 8.27. The van der Waals surface area contributed by atoms with Crippen LogP contribution in [0.3, 0.4) is 0 Å². The van der Waals surface area contributed by atoms with Crippen molar-refractivity contribution in [3.63, 3.8) is 0 Å². The summed E-state index contributed by atoms with van der Waals surface area (Å²) in [7, 11) is 0. The van der Waals surface area contributed by atoms with Crippen LogP contribution in [0.5, 0.6) is 0 Å². The van der Waals surface area contributed by atoms with Gasteiger partial charge in [-0.25, -0.2) is 9.18 Å². The molecule has 0 bridgehead atoms. The van der Waals surface area contributed by atoms with Gasteiger partial charge < -0.3 is 9.84 Å². The van der Waals surface area contributed by atoms with Crippen molar-refractivity contribution < 1.29 is 13.7 Å². The van der Waals surface area contributed by atoms with E-state index in [0.29, 0.717) is 23.8 Å². The quantitative estimate of drug-likeness (QED) is 0.421. The van der Waals surface area contributed by atoms with E-state index in [4.69, 9.17) is 4.52 Å². The summed E-state index contributed by atoms with van der Waals surface area (Å²) in [6, 6.07) is 13.6. The standard InChI is InChI=1S/C26H29FN4O2/c1-4-6-7-16-31-17(3)22(23(28-26(31)32)19-10-8-18(5-2)9-11-19)25-29-24(30-33-25)20-12-14-21(27)15-13-20/h8-15,23H,4-7,16H2,1-3H3,(H,28,32). The Labute approximate surface area is 193 Å². The lowest BCUT2D eigenvalue weighted by Crippen LogP contribution is -2.46. The highest BCUT2D eigenvalue weighted by Gasteiger charge is 2.35. The Morgan fingerprint density at radius 3 is 2.45 bits per heavy atom. The summed E-state index contributed by atoms with van der Waals surface area (Å²) in [5, 5.41) is 7.26. The number of carbonyl (C=O) groups excluding carboxylic acids is 1. The summed E-state index contributed by atoms with van der Waals surface area (Å²) in [4.78, 5) is 19.4. The molecule has 1 aliphatic heterocycles. The van der Waals surface area contributed by atoms with Crippen molar-refractivity contribution in [1.82, 2.24) is 20.4 Å². The number of aryl methyl sites for hydroxylation is 1. The van der Waals surface area contributed by atoms with Gasteiger partial charge in [-0.1, -0.05) is 56.1 Å². The van der Waals surface area contributed by atoms with Crippen LogP contribution in [-0.4, -0.2) is 27.6 Å². The van der Waals surface area contributed by atoms with Crippen LogP contribution in [0.25, 0.3) is 17.0 Å². The summed E-state index contributed by atoms with van der Waals surface area (Å²) >= 11 is 0. The van der Waals surface area contributed by atoms with E-state index < -0.39 is 6.04 Å². The third-order valence-electron chi connectivity index (χ3n) is 6.06. The molecule has 0 aliphatic carbocycles. The maximum atomic E-state index is 13.3. The summed E-state index contributed by atoms with van der Waals surface area (Å²) in [6.07, 6.45) is 3.97. The van der Waals surface area contributed by atoms with E-state index in [1.807, 2.05) is 19.1 Å². The van der Waals surface area contributed by atoms with Crippen molar-refractivity contribution in [2.75, 3.05) is 6.54 Å². The van der Waals surface area contributed by atoms with Gasteiger partial charge in [0, 0.05) is 17.8 Å². The van der Waals surface area contributed by atoms with Crippen molar-refractivity contribution in [2.45, 2.75) is 52.5 Å². The average Bonchev–Trinajstić information content (AvgIpc) is 3.31. The number of nitrogens with one attached hydrogen (secondary N) is 1. The van der Waals surface area contributed by atoms with E-state index in [9.17, 15) is 9.18 Å². The number of halogens is 1. The fourth-order valence-electron chi connectivity index (χ4n) is 4.09. The molecular formula is C26H29FN4O2. The highest BCUT2D eigenvalue weighted by molar-refractivity contribution is 5.86. The Morgan fingerprint density at radius 2 is 1.79 bits per heavy atom. The third kappa shape index (κ3) is 4.82. The van der Waals surface area contributed by atoms with Gasteiger partial charge in [-0.2, -0.15) is 4.98 Å². The summed E-state index contributed by atoms with van der Waals surface area (Å²) in [5.74, 6) is 0.394. The van der Waals surface area contributed by atoms with E-state index in [1.54, 1.807) is 17.0 Å². The Morgan fingerprint density at radius 1 is 1.06 bits per heavy atom. The molecule has 1 N–H and O–H groups in total. The number of benzene rings is 2. The van der Waals surface area contributed by atoms with Gasteiger partial charge in [0.2, 0.25) is 5.82 Å². The van der Waals surface area contributed by atoms with Crippen LogP contribution < -0.4 is 5.32 Å². The predicted octanol–water partition coefficient (Wildman–Crippen LogP) is 6.13. The Bertz CT molecular complexity index is 1140. The van der Waals surface area contributed by atoms with Gasteiger partial charge in [0.1, 0.15) is 5.82 Å². The smallest absolute Gasteiger partial charge is 0.322 e. The van der Waals surface area contributed by atoms with Crippen molar-refractivity contribution in [2.24, 2.45) is 0 Å². The fourth-order valence-corrected chi connectivity index (χ4v) is 4.09. The zero-order valence-corrected chi connectivity index (χ0v) is 19.3. The van der Waals surface area contributed by atoms with E-state index in [1.165, 1.54) is 17.7 Å². The molecule has 6 nitrogen and oxygen atoms in total. The van der Waals surface area contributed by atoms with Crippen molar-refractivity contribution in [3.8, 4) is 11.4 Å². The van der Waals surface area contributed by atoms with Crippen LogP contribution >= 0.6 is 0 Å². The molecule has 2 aromatic carbocycles. The first-order valence-corrected chi connectivity index (χ1v) is 11.5. The summed E-state index contributed by atoms with van der Waals surface area (Å²) < 4.78 is 19.0. The van der Waals surface area contributed by atoms with E-state index in [2.05, 4.69) is 41.4 Å². The average molecular weight is 449 g/mol. The predicted molar refractivity (Wildman–Crippen MR) is 126 cm³/mol. The van der Waals surface area contributed by atoms with Gasteiger partial charge >= 0.3 is 6.03 Å². The molecule has 0 saturated heterocycles. The highest BCUT2D eigenvalue weighted by Crippen LogP contribution is 2.37. The van der Waals surface area contributed by atoms with Gasteiger partial charge in [0.25, 0.3) is 5.89 Å². The molecule has 0 radical (unpaired) electrons. The molecule has 0 saturated carbocycles. The molecule has 1 unspecified atom stereocenters. The van der Waals surface area contributed by atoms with Gasteiger partial charge in [-0.05, 0) is 55.2 Å². The van der Waals surface area contributed by atoms with E-state index >= 15 is 0 Å². The Kier molecular flexibility index (Phi) is 6.87. The maximum Gasteiger partial charge on any atom is 0.322 e. The van der Waals surface area contributed by atoms with E-state index in [-0.39, 0.29) is 11.8 Å². The Hall–Kier alpha value is -3.48. The number of allylic oxidation sites excluding steroid dienone is 1. The van der Waals surface area contributed by atoms with Crippen molar-refractivity contribution in [1.29, 1.82) is 0 Å². The number of carbonyl (C=O) groups is 1. The zero-order valence-electron chi connectivity index (χ0n) is 19.3. The van der Waals surface area contributed by atoms with Gasteiger partial charge in [-0.15, -0.1) is 0 Å². The topological polar surface area (TPSA) is 71.3 Å². The number of amides is 2. The van der Waals surface area contributed by atoms with Crippen LogP contribution in [-0.2, 0) is 6.42 Å². The first-order valence-electron chi connectivity index (χ1n) is 11.5. The summed E-state index contributed by atoms with van der Waals surface area (Å²) in [6.45, 7) is 6.79. The molecule has 2 heterocycles. The fraction of sp³-hybridized carbons (Fsp3) is 0.346. The molecule has 3 aromatic rings. The molecule has 7 heteroatoms. The monoisotopic (exact) mass is 448 g/mol. The molecule has 4 rings (SSSR count). The second kappa shape index (κ2) is 9.98. The normalized spacial score (nSPS) is 16.3. The lowest BCUT2D eigenvalue weighted by Gasteiger charge is -2.35. The number of urea groups is 1. The van der Waals surface area contributed by atoms with Crippen LogP contribution in [0.4, 0.5) is 9.18 Å². The molecular weight excluding hydrogens is 419 g/mol. The first-order chi connectivity index (χ1) is 16.0. The lowest BCUT2D eigenvalue weighted by atomic mass is 9.93. The second-order valence-corrected chi connectivity index (χ2v) is 8.27. The molecule has 172 valence electrons. The maximum absolute atomic E-state index is 13.3. The number of aromatic nitrogens is 2. The lowest BCUT2D eigenvalue weighted by molar-refractivity contribution is 0.204. The van der Waals surface area contributed by atoms with Gasteiger partial charge in [-0.3, -0.25) is 4.90 Å². The van der Waals surface area contributed by atoms with Crippen LogP contribution in [0, 0.1) is 5.82 Å². The van der Waals surface area contributed by atoms with Gasteiger partial charge in [0.05, 0.1) is 11.6 Å². The number of hydrogen-bond acceptors (Lipinski definition) is 4. The molecule has 0 spiro atoms. The summed E-state index contributed by atoms with van der Waals surface area (Å²) in [5.41, 5.74) is 4.41. The van der Waals surface area contributed by atoms with E-state index in [0.717, 1.165) is 42.5 Å². The Balaban J connectivity index is 1.75. The molecule has 0 fully saturated rings.